The lowest BCUT2D eigenvalue weighted by Gasteiger charge is -2.33. The number of methoxy groups -OCH3 is 1. The first kappa shape index (κ1) is 17.5. The van der Waals surface area contributed by atoms with E-state index in [1.807, 2.05) is 38.2 Å². The third kappa shape index (κ3) is 3.16. The third-order valence-corrected chi connectivity index (χ3v) is 5.37. The summed E-state index contributed by atoms with van der Waals surface area (Å²) >= 11 is 0. The van der Waals surface area contributed by atoms with Crippen LogP contribution in [-0.4, -0.2) is 40.9 Å². The Bertz CT molecular complexity index is 972. The molecule has 1 aliphatic rings. The predicted molar refractivity (Wildman–Crippen MR) is 106 cm³/mol. The second kappa shape index (κ2) is 7.02. The number of benzene rings is 1. The molecule has 4 rings (SSSR count). The fraction of sp³-hybridized carbons (Fsp3) is 0.381. The summed E-state index contributed by atoms with van der Waals surface area (Å²) in [6.45, 7) is 5.56. The highest BCUT2D eigenvalue weighted by Gasteiger charge is 2.28. The Labute approximate surface area is 158 Å². The van der Waals surface area contributed by atoms with Gasteiger partial charge >= 0.3 is 0 Å². The highest BCUT2D eigenvalue weighted by molar-refractivity contribution is 5.99. The van der Waals surface area contributed by atoms with Crippen LogP contribution in [0.15, 0.2) is 30.7 Å². The SMILES string of the molecule is COc1c(C)cc(C(=O)[C@@H]2CCCN(c3ncnc4[nH]ccc34)C2)cc1C. The van der Waals surface area contributed by atoms with Crippen LogP contribution in [0, 0.1) is 19.8 Å². The summed E-state index contributed by atoms with van der Waals surface area (Å²) in [6, 6.07) is 5.89. The number of rotatable bonds is 4. The number of nitrogens with one attached hydrogen (secondary N) is 1. The van der Waals surface area contributed by atoms with Gasteiger partial charge in [0.15, 0.2) is 5.78 Å². The van der Waals surface area contributed by atoms with Crippen molar-refractivity contribution in [2.75, 3.05) is 25.1 Å². The lowest BCUT2D eigenvalue weighted by molar-refractivity contribution is 0.0907. The van der Waals surface area contributed by atoms with Gasteiger partial charge in [-0.05, 0) is 56.0 Å². The molecule has 140 valence electrons. The second-order valence-electron chi connectivity index (χ2n) is 7.23. The molecule has 1 aliphatic heterocycles. The lowest BCUT2D eigenvalue weighted by Crippen LogP contribution is -2.39. The molecule has 3 aromatic rings. The van der Waals surface area contributed by atoms with E-state index in [1.165, 1.54) is 0 Å². The van der Waals surface area contributed by atoms with E-state index in [-0.39, 0.29) is 11.7 Å². The summed E-state index contributed by atoms with van der Waals surface area (Å²) in [5.41, 5.74) is 3.60. The van der Waals surface area contributed by atoms with Crippen molar-refractivity contribution in [2.45, 2.75) is 26.7 Å². The summed E-state index contributed by atoms with van der Waals surface area (Å²) < 4.78 is 5.43. The van der Waals surface area contributed by atoms with E-state index in [0.717, 1.165) is 58.7 Å². The number of carbonyl (C=O) groups excluding carboxylic acids is 1. The van der Waals surface area contributed by atoms with Crippen molar-refractivity contribution in [3.63, 3.8) is 0 Å². The summed E-state index contributed by atoms with van der Waals surface area (Å²) in [5.74, 6) is 1.93. The number of aromatic nitrogens is 3. The first-order valence-electron chi connectivity index (χ1n) is 9.31. The average molecular weight is 364 g/mol. The van der Waals surface area contributed by atoms with E-state index in [4.69, 9.17) is 4.74 Å². The Kier molecular flexibility index (Phi) is 4.56. The number of anilines is 1. The normalized spacial score (nSPS) is 17.3. The zero-order valence-electron chi connectivity index (χ0n) is 16.0. The van der Waals surface area contributed by atoms with Crippen LogP contribution in [0.25, 0.3) is 11.0 Å². The number of carbonyl (C=O) groups is 1. The summed E-state index contributed by atoms with van der Waals surface area (Å²) in [6.07, 6.45) is 5.33. The number of Topliss-reactive ketones (excluding diaryl/α,β-unsaturated/α-hetero) is 1. The van der Waals surface area contributed by atoms with Gasteiger partial charge in [0.2, 0.25) is 0 Å². The molecule has 0 radical (unpaired) electrons. The Morgan fingerprint density at radius 1 is 1.26 bits per heavy atom. The second-order valence-corrected chi connectivity index (χ2v) is 7.23. The molecular weight excluding hydrogens is 340 g/mol. The number of aromatic amines is 1. The topological polar surface area (TPSA) is 71.1 Å². The first-order chi connectivity index (χ1) is 13.1. The van der Waals surface area contributed by atoms with Crippen LogP contribution in [0.4, 0.5) is 5.82 Å². The first-order valence-corrected chi connectivity index (χ1v) is 9.31. The average Bonchev–Trinajstić information content (AvgIpc) is 3.16. The van der Waals surface area contributed by atoms with Gasteiger partial charge in [0.1, 0.15) is 23.5 Å². The van der Waals surface area contributed by atoms with Gasteiger partial charge in [0, 0.05) is 30.8 Å². The Morgan fingerprint density at radius 3 is 2.78 bits per heavy atom. The maximum absolute atomic E-state index is 13.2. The molecule has 1 fully saturated rings. The van der Waals surface area contributed by atoms with E-state index < -0.39 is 0 Å². The maximum atomic E-state index is 13.2. The van der Waals surface area contributed by atoms with Crippen LogP contribution in [0.1, 0.15) is 34.3 Å². The number of piperidine rings is 1. The number of fused-ring (bicyclic) bond motifs is 1. The minimum Gasteiger partial charge on any atom is -0.496 e. The van der Waals surface area contributed by atoms with Crippen LogP contribution in [-0.2, 0) is 0 Å². The molecule has 0 spiro atoms. The molecule has 0 amide bonds. The number of nitrogens with zero attached hydrogens (tertiary/aromatic N) is 3. The molecule has 1 aromatic carbocycles. The van der Waals surface area contributed by atoms with Crippen LogP contribution in [0.3, 0.4) is 0 Å². The molecule has 0 bridgehead atoms. The highest BCUT2D eigenvalue weighted by atomic mass is 16.5. The molecule has 27 heavy (non-hydrogen) atoms. The van der Waals surface area contributed by atoms with Gasteiger partial charge in [-0.15, -0.1) is 0 Å². The third-order valence-electron chi connectivity index (χ3n) is 5.37. The smallest absolute Gasteiger partial charge is 0.167 e. The van der Waals surface area contributed by atoms with Gasteiger partial charge in [-0.1, -0.05) is 0 Å². The van der Waals surface area contributed by atoms with Gasteiger partial charge in [-0.2, -0.15) is 0 Å². The molecule has 1 saturated heterocycles. The molecule has 1 N–H and O–H groups in total. The number of hydrogen-bond donors (Lipinski definition) is 1. The quantitative estimate of drug-likeness (QED) is 0.715. The van der Waals surface area contributed by atoms with Crippen molar-refractivity contribution < 1.29 is 9.53 Å². The fourth-order valence-corrected chi connectivity index (χ4v) is 4.14. The van der Waals surface area contributed by atoms with Crippen molar-refractivity contribution >= 4 is 22.6 Å². The Morgan fingerprint density at radius 2 is 2.04 bits per heavy atom. The molecule has 6 heteroatoms. The van der Waals surface area contributed by atoms with Crippen LogP contribution in [0.2, 0.25) is 0 Å². The molecule has 0 unspecified atom stereocenters. The van der Waals surface area contributed by atoms with Crippen LogP contribution in [0.5, 0.6) is 5.75 Å². The zero-order chi connectivity index (χ0) is 19.0. The Balaban J connectivity index is 1.60. The minimum absolute atomic E-state index is 0.0325. The molecule has 3 heterocycles. The number of ether oxygens (including phenoxy) is 1. The molecule has 0 aliphatic carbocycles. The van der Waals surface area contributed by atoms with Crippen molar-refractivity contribution in [3.05, 3.63) is 47.4 Å². The molecule has 0 saturated carbocycles. The molecular formula is C21H24N4O2. The van der Waals surface area contributed by atoms with Crippen LogP contribution < -0.4 is 9.64 Å². The largest absolute Gasteiger partial charge is 0.496 e. The lowest BCUT2D eigenvalue weighted by atomic mass is 9.88. The predicted octanol–water partition coefficient (Wildman–Crippen LogP) is 3.68. The maximum Gasteiger partial charge on any atom is 0.167 e. The van der Waals surface area contributed by atoms with Gasteiger partial charge in [0.25, 0.3) is 0 Å². The molecule has 2 aromatic heterocycles. The highest BCUT2D eigenvalue weighted by Crippen LogP contribution is 2.30. The summed E-state index contributed by atoms with van der Waals surface area (Å²) in [5, 5.41) is 1.00. The fourth-order valence-electron chi connectivity index (χ4n) is 4.14. The van der Waals surface area contributed by atoms with E-state index >= 15 is 0 Å². The van der Waals surface area contributed by atoms with Gasteiger partial charge in [0.05, 0.1) is 12.5 Å². The molecule has 1 atom stereocenters. The van der Waals surface area contributed by atoms with Crippen LogP contribution >= 0.6 is 0 Å². The van der Waals surface area contributed by atoms with Gasteiger partial charge < -0.3 is 14.6 Å². The van der Waals surface area contributed by atoms with E-state index in [9.17, 15) is 4.79 Å². The van der Waals surface area contributed by atoms with E-state index in [2.05, 4.69) is 19.9 Å². The van der Waals surface area contributed by atoms with Crippen molar-refractivity contribution in [2.24, 2.45) is 5.92 Å². The zero-order valence-corrected chi connectivity index (χ0v) is 16.0. The number of aryl methyl sites for hydroxylation is 2. The number of H-pyrrole nitrogens is 1. The standard InChI is InChI=1S/C21H24N4O2/c1-13-9-16(10-14(2)19(13)27-3)18(26)15-5-4-8-25(11-15)21-17-6-7-22-20(17)23-12-24-21/h6-7,9-10,12,15H,4-5,8,11H2,1-3H3,(H,22,23,24)/t15-/m1/s1. The Hall–Kier alpha value is -2.89. The number of hydrogen-bond acceptors (Lipinski definition) is 5. The van der Waals surface area contributed by atoms with Crippen molar-refractivity contribution in [1.29, 1.82) is 0 Å². The van der Waals surface area contributed by atoms with Crippen molar-refractivity contribution in [3.8, 4) is 5.75 Å². The summed E-state index contributed by atoms with van der Waals surface area (Å²) in [7, 11) is 1.67. The van der Waals surface area contributed by atoms with E-state index in [1.54, 1.807) is 13.4 Å². The van der Waals surface area contributed by atoms with Gasteiger partial charge in [-0.25, -0.2) is 9.97 Å². The monoisotopic (exact) mass is 364 g/mol. The number of ketones is 1. The minimum atomic E-state index is -0.0325. The van der Waals surface area contributed by atoms with Crippen molar-refractivity contribution in [1.82, 2.24) is 15.0 Å². The van der Waals surface area contributed by atoms with E-state index in [0.29, 0.717) is 6.54 Å². The van der Waals surface area contributed by atoms with Gasteiger partial charge in [-0.3, -0.25) is 4.79 Å². The summed E-state index contributed by atoms with van der Waals surface area (Å²) in [4.78, 5) is 27.3. The molecule has 6 nitrogen and oxygen atoms in total.